The van der Waals surface area contributed by atoms with E-state index in [0.717, 1.165) is 24.8 Å². The van der Waals surface area contributed by atoms with Crippen molar-refractivity contribution < 1.29 is 5.11 Å². The lowest BCUT2D eigenvalue weighted by Crippen LogP contribution is -2.29. The van der Waals surface area contributed by atoms with Gasteiger partial charge in [0, 0.05) is 5.56 Å². The van der Waals surface area contributed by atoms with Gasteiger partial charge in [0.05, 0.1) is 0 Å². The first-order valence-electron chi connectivity index (χ1n) is 5.51. The van der Waals surface area contributed by atoms with Crippen LogP contribution in [0.3, 0.4) is 0 Å². The Morgan fingerprint density at radius 3 is 2.67 bits per heavy atom. The van der Waals surface area contributed by atoms with Gasteiger partial charge in [-0.05, 0) is 37.3 Å². The quantitative estimate of drug-likeness (QED) is 0.638. The molecular weight excluding hydrogens is 184 g/mol. The first-order chi connectivity index (χ1) is 7.21. The zero-order valence-corrected chi connectivity index (χ0v) is 9.03. The molecule has 0 unspecified atom stereocenters. The number of benzene rings is 1. The summed E-state index contributed by atoms with van der Waals surface area (Å²) in [7, 11) is 0. The summed E-state index contributed by atoms with van der Waals surface area (Å²) in [6.07, 6.45) is 2.98. The standard InChI is InChI=1S/C14H16O/c1-12-6-5-10-14(12,15)11-9-13-7-3-2-4-8-13/h2-4,7-8,12,15H,5-6,10H2,1H3/t12-,14+/m1/s1. The van der Waals surface area contributed by atoms with Gasteiger partial charge in [0.15, 0.2) is 0 Å². The Balaban J connectivity index is 2.18. The van der Waals surface area contributed by atoms with Gasteiger partial charge in [-0.2, -0.15) is 0 Å². The summed E-state index contributed by atoms with van der Waals surface area (Å²) < 4.78 is 0. The van der Waals surface area contributed by atoms with Gasteiger partial charge in [-0.3, -0.25) is 0 Å². The van der Waals surface area contributed by atoms with Gasteiger partial charge in [-0.1, -0.05) is 37.0 Å². The third kappa shape index (κ3) is 2.22. The molecule has 0 radical (unpaired) electrons. The summed E-state index contributed by atoms with van der Waals surface area (Å²) in [5.41, 5.74) is 0.223. The molecule has 0 amide bonds. The maximum atomic E-state index is 10.2. The average molecular weight is 200 g/mol. The van der Waals surface area contributed by atoms with Gasteiger partial charge in [-0.15, -0.1) is 0 Å². The molecule has 0 aromatic heterocycles. The summed E-state index contributed by atoms with van der Waals surface area (Å²) in [5, 5.41) is 10.2. The lowest BCUT2D eigenvalue weighted by Gasteiger charge is -2.20. The van der Waals surface area contributed by atoms with Crippen molar-refractivity contribution in [1.82, 2.24) is 0 Å². The molecule has 0 aliphatic heterocycles. The predicted octanol–water partition coefficient (Wildman–Crippen LogP) is 2.59. The van der Waals surface area contributed by atoms with Gasteiger partial charge in [-0.25, -0.2) is 0 Å². The molecule has 0 heterocycles. The second-order valence-corrected chi connectivity index (χ2v) is 4.33. The van der Waals surface area contributed by atoms with E-state index in [1.807, 2.05) is 30.3 Å². The van der Waals surface area contributed by atoms with E-state index in [1.165, 1.54) is 0 Å². The minimum atomic E-state index is -0.754. The van der Waals surface area contributed by atoms with Crippen LogP contribution in [-0.2, 0) is 0 Å². The maximum absolute atomic E-state index is 10.2. The normalized spacial score (nSPS) is 29.6. The zero-order valence-electron chi connectivity index (χ0n) is 9.03. The van der Waals surface area contributed by atoms with Crippen LogP contribution in [0.1, 0.15) is 31.7 Å². The molecule has 1 aromatic carbocycles. The molecule has 1 aromatic rings. The number of hydrogen-bond donors (Lipinski definition) is 1. The molecule has 15 heavy (non-hydrogen) atoms. The smallest absolute Gasteiger partial charge is 0.128 e. The van der Waals surface area contributed by atoms with Crippen LogP contribution < -0.4 is 0 Å². The van der Waals surface area contributed by atoms with E-state index in [2.05, 4.69) is 18.8 Å². The monoisotopic (exact) mass is 200 g/mol. The Labute approximate surface area is 91.1 Å². The lowest BCUT2D eigenvalue weighted by molar-refractivity contribution is 0.0687. The van der Waals surface area contributed by atoms with Crippen LogP contribution >= 0.6 is 0 Å². The second-order valence-electron chi connectivity index (χ2n) is 4.33. The van der Waals surface area contributed by atoms with Crippen molar-refractivity contribution in [1.29, 1.82) is 0 Å². The molecule has 2 rings (SSSR count). The van der Waals surface area contributed by atoms with E-state index in [4.69, 9.17) is 0 Å². The Kier molecular flexibility index (Phi) is 2.79. The average Bonchev–Trinajstić information content (AvgIpc) is 2.59. The highest BCUT2D eigenvalue weighted by Gasteiger charge is 2.36. The summed E-state index contributed by atoms with van der Waals surface area (Å²) in [6, 6.07) is 9.84. The van der Waals surface area contributed by atoms with Crippen molar-refractivity contribution in [3.8, 4) is 11.8 Å². The molecule has 1 nitrogen and oxygen atoms in total. The molecule has 1 aliphatic rings. The highest BCUT2D eigenvalue weighted by Crippen LogP contribution is 2.34. The SMILES string of the molecule is C[C@@H]1CCC[C@]1(O)C#Cc1ccccc1. The molecule has 0 bridgehead atoms. The minimum absolute atomic E-state index is 0.300. The van der Waals surface area contributed by atoms with Gasteiger partial charge in [0.25, 0.3) is 0 Å². The molecule has 1 heteroatoms. The third-order valence-electron chi connectivity index (χ3n) is 3.21. The Morgan fingerprint density at radius 2 is 2.07 bits per heavy atom. The van der Waals surface area contributed by atoms with E-state index in [9.17, 15) is 5.11 Å². The number of hydrogen-bond acceptors (Lipinski definition) is 1. The van der Waals surface area contributed by atoms with Crippen molar-refractivity contribution >= 4 is 0 Å². The van der Waals surface area contributed by atoms with Gasteiger partial charge >= 0.3 is 0 Å². The molecular formula is C14H16O. The highest BCUT2D eigenvalue weighted by molar-refractivity contribution is 5.36. The van der Waals surface area contributed by atoms with Crippen LogP contribution in [0.15, 0.2) is 30.3 Å². The first kappa shape index (κ1) is 10.3. The van der Waals surface area contributed by atoms with E-state index in [0.29, 0.717) is 5.92 Å². The van der Waals surface area contributed by atoms with Crippen molar-refractivity contribution in [2.75, 3.05) is 0 Å². The van der Waals surface area contributed by atoms with Crippen LogP contribution in [-0.4, -0.2) is 10.7 Å². The summed E-state index contributed by atoms with van der Waals surface area (Å²) in [5.74, 6) is 6.39. The van der Waals surface area contributed by atoms with Crippen LogP contribution in [0, 0.1) is 17.8 Å². The van der Waals surface area contributed by atoms with E-state index in [-0.39, 0.29) is 0 Å². The molecule has 1 saturated carbocycles. The largest absolute Gasteiger partial charge is 0.377 e. The van der Waals surface area contributed by atoms with Gasteiger partial charge in [0.1, 0.15) is 5.60 Å². The maximum Gasteiger partial charge on any atom is 0.128 e. The third-order valence-corrected chi connectivity index (χ3v) is 3.21. The van der Waals surface area contributed by atoms with Crippen LogP contribution in [0.2, 0.25) is 0 Å². The molecule has 0 saturated heterocycles. The molecule has 0 spiro atoms. The molecule has 1 fully saturated rings. The van der Waals surface area contributed by atoms with Crippen molar-refractivity contribution in [3.05, 3.63) is 35.9 Å². The molecule has 1 N–H and O–H groups in total. The summed E-state index contributed by atoms with van der Waals surface area (Å²) >= 11 is 0. The number of aliphatic hydroxyl groups is 1. The van der Waals surface area contributed by atoms with E-state index < -0.39 is 5.60 Å². The van der Waals surface area contributed by atoms with E-state index in [1.54, 1.807) is 0 Å². The predicted molar refractivity (Wildman–Crippen MR) is 61.3 cm³/mol. The topological polar surface area (TPSA) is 20.2 Å². The second kappa shape index (κ2) is 4.08. The van der Waals surface area contributed by atoms with Crippen LogP contribution in [0.4, 0.5) is 0 Å². The summed E-state index contributed by atoms with van der Waals surface area (Å²) in [4.78, 5) is 0. The van der Waals surface area contributed by atoms with Crippen molar-refractivity contribution in [2.24, 2.45) is 5.92 Å². The van der Waals surface area contributed by atoms with E-state index >= 15 is 0 Å². The van der Waals surface area contributed by atoms with Crippen molar-refractivity contribution in [2.45, 2.75) is 31.8 Å². The van der Waals surface area contributed by atoms with Gasteiger partial charge in [0.2, 0.25) is 0 Å². The molecule has 78 valence electrons. The minimum Gasteiger partial charge on any atom is -0.377 e. The highest BCUT2D eigenvalue weighted by atomic mass is 16.3. The van der Waals surface area contributed by atoms with Gasteiger partial charge < -0.3 is 5.11 Å². The fourth-order valence-electron chi connectivity index (χ4n) is 2.05. The Hall–Kier alpha value is -1.26. The summed E-state index contributed by atoms with van der Waals surface area (Å²) in [6.45, 7) is 2.08. The fourth-order valence-corrected chi connectivity index (χ4v) is 2.05. The molecule has 1 aliphatic carbocycles. The number of rotatable bonds is 0. The fraction of sp³-hybridized carbons (Fsp3) is 0.429. The Morgan fingerprint density at radius 1 is 1.33 bits per heavy atom. The molecule has 2 atom stereocenters. The zero-order chi connectivity index (χ0) is 10.7. The van der Waals surface area contributed by atoms with Crippen molar-refractivity contribution in [3.63, 3.8) is 0 Å². The first-order valence-corrected chi connectivity index (χ1v) is 5.51. The lowest BCUT2D eigenvalue weighted by atomic mass is 9.93. The van der Waals surface area contributed by atoms with Crippen LogP contribution in [0.5, 0.6) is 0 Å². The van der Waals surface area contributed by atoms with Crippen LogP contribution in [0.25, 0.3) is 0 Å². The Bertz CT molecular complexity index is 385.